The lowest BCUT2D eigenvalue weighted by Gasteiger charge is -2.42. The number of nitrogens with one attached hydrogen (secondary N) is 1. The Bertz CT molecular complexity index is 843. The molecule has 8 nitrogen and oxygen atoms in total. The first kappa shape index (κ1) is 17.4. The van der Waals surface area contributed by atoms with Crippen LogP contribution >= 0.6 is 0 Å². The highest BCUT2D eigenvalue weighted by Gasteiger charge is 2.58. The smallest absolute Gasteiger partial charge is 0.323 e. The number of imide groups is 1. The second-order valence-electron chi connectivity index (χ2n) is 7.30. The van der Waals surface area contributed by atoms with Crippen molar-refractivity contribution < 1.29 is 9.59 Å². The third-order valence-corrected chi connectivity index (χ3v) is 5.93. The van der Waals surface area contributed by atoms with Crippen LogP contribution in [0.5, 0.6) is 0 Å². The van der Waals surface area contributed by atoms with Crippen LogP contribution in [0, 0.1) is 11.8 Å². The third kappa shape index (κ3) is 2.42. The van der Waals surface area contributed by atoms with Crippen molar-refractivity contribution in [2.75, 3.05) is 0 Å². The van der Waals surface area contributed by atoms with Crippen molar-refractivity contribution in [3.8, 4) is 0 Å². The Morgan fingerprint density at radius 3 is 2.28 bits per heavy atom. The van der Waals surface area contributed by atoms with Gasteiger partial charge < -0.3 is 5.32 Å². The van der Waals surface area contributed by atoms with Crippen LogP contribution in [0.2, 0.25) is 0 Å². The number of urea groups is 1. The van der Waals surface area contributed by atoms with Gasteiger partial charge in [0.15, 0.2) is 0 Å². The van der Waals surface area contributed by atoms with E-state index in [9.17, 15) is 19.2 Å². The molecule has 1 N–H and O–H groups in total. The van der Waals surface area contributed by atoms with Crippen LogP contribution in [-0.4, -0.2) is 31.5 Å². The number of carbonyl (C=O) groups is 2. The molecule has 0 unspecified atom stereocenters. The van der Waals surface area contributed by atoms with Gasteiger partial charge in [-0.3, -0.25) is 23.6 Å². The van der Waals surface area contributed by atoms with E-state index in [0.29, 0.717) is 5.69 Å². The van der Waals surface area contributed by atoms with Gasteiger partial charge in [0.05, 0.1) is 6.54 Å². The molecule has 136 valence electrons. The number of hydrogen-bond donors (Lipinski definition) is 1. The van der Waals surface area contributed by atoms with Crippen molar-refractivity contribution in [3.63, 3.8) is 0 Å². The summed E-state index contributed by atoms with van der Waals surface area (Å²) in [5.74, 6) is -0.166. The molecule has 8 heteroatoms. The van der Waals surface area contributed by atoms with Gasteiger partial charge in [-0.1, -0.05) is 20.3 Å². The zero-order valence-corrected chi connectivity index (χ0v) is 15.0. The quantitative estimate of drug-likeness (QED) is 0.780. The van der Waals surface area contributed by atoms with E-state index in [1.807, 2.05) is 13.8 Å². The maximum Gasteiger partial charge on any atom is 0.330 e. The van der Waals surface area contributed by atoms with Gasteiger partial charge in [0.25, 0.3) is 11.5 Å². The maximum atomic E-state index is 13.1. The Hall–Kier alpha value is -2.38. The van der Waals surface area contributed by atoms with Gasteiger partial charge in [0, 0.05) is 25.9 Å². The Morgan fingerprint density at radius 1 is 1.08 bits per heavy atom. The maximum absolute atomic E-state index is 13.1. The van der Waals surface area contributed by atoms with E-state index in [4.69, 9.17) is 0 Å². The van der Waals surface area contributed by atoms with E-state index in [0.717, 1.165) is 28.7 Å². The standard InChI is InChI=1S/C17H24N4O4/c1-10-6-5-7-11(2)17(10)14(23)21(15(24)18-17)9-12-8-13(22)20(4)16(25)19(12)3/h8,10-11H,5-7,9H2,1-4H3,(H,18,24)/t10-,11-/m1/s1. The molecule has 1 aliphatic heterocycles. The normalized spacial score (nSPS) is 25.5. The number of rotatable bonds is 2. The number of amides is 3. The fourth-order valence-corrected chi connectivity index (χ4v) is 4.19. The van der Waals surface area contributed by atoms with Gasteiger partial charge in [-0.05, 0) is 24.7 Å². The summed E-state index contributed by atoms with van der Waals surface area (Å²) in [6, 6.07) is 0.833. The Morgan fingerprint density at radius 2 is 1.68 bits per heavy atom. The Labute approximate surface area is 145 Å². The summed E-state index contributed by atoms with van der Waals surface area (Å²) in [4.78, 5) is 50.8. The molecule has 25 heavy (non-hydrogen) atoms. The number of hydrogen-bond acceptors (Lipinski definition) is 4. The second-order valence-corrected chi connectivity index (χ2v) is 7.30. The average Bonchev–Trinajstić information content (AvgIpc) is 2.81. The minimum absolute atomic E-state index is 0.0464. The predicted octanol–water partition coefficient (Wildman–Crippen LogP) is 0.331. The molecule has 1 spiro atoms. The summed E-state index contributed by atoms with van der Waals surface area (Å²) in [5.41, 5.74) is -1.48. The van der Waals surface area contributed by atoms with E-state index in [1.165, 1.54) is 24.7 Å². The first-order valence-electron chi connectivity index (χ1n) is 8.60. The van der Waals surface area contributed by atoms with Crippen LogP contribution < -0.4 is 16.6 Å². The largest absolute Gasteiger partial charge is 0.330 e. The van der Waals surface area contributed by atoms with Crippen LogP contribution in [0.1, 0.15) is 38.8 Å². The average molecular weight is 348 g/mol. The zero-order chi connectivity index (χ0) is 18.5. The number of carbonyl (C=O) groups excluding carboxylic acids is 2. The second kappa shape index (κ2) is 5.86. The Kier molecular flexibility index (Phi) is 4.09. The van der Waals surface area contributed by atoms with Crippen molar-refractivity contribution in [3.05, 3.63) is 32.6 Å². The van der Waals surface area contributed by atoms with Gasteiger partial charge in [-0.15, -0.1) is 0 Å². The summed E-state index contributed by atoms with van der Waals surface area (Å²) in [6.45, 7) is 3.89. The monoisotopic (exact) mass is 348 g/mol. The zero-order valence-electron chi connectivity index (χ0n) is 15.0. The molecule has 1 aromatic rings. The molecule has 3 amide bonds. The van der Waals surface area contributed by atoms with Crippen molar-refractivity contribution in [2.45, 2.75) is 45.2 Å². The van der Waals surface area contributed by atoms with Crippen LogP contribution in [-0.2, 0) is 25.4 Å². The fourth-order valence-electron chi connectivity index (χ4n) is 4.19. The highest BCUT2D eigenvalue weighted by atomic mass is 16.2. The van der Waals surface area contributed by atoms with E-state index >= 15 is 0 Å². The molecule has 1 aliphatic carbocycles. The number of aromatic nitrogens is 2. The van der Waals surface area contributed by atoms with Gasteiger partial charge in [-0.25, -0.2) is 9.59 Å². The van der Waals surface area contributed by atoms with Crippen molar-refractivity contribution in [1.82, 2.24) is 19.4 Å². The lowest BCUT2D eigenvalue weighted by molar-refractivity contribution is -0.137. The summed E-state index contributed by atoms with van der Waals surface area (Å²) in [6.07, 6.45) is 2.81. The van der Waals surface area contributed by atoms with Crippen molar-refractivity contribution >= 4 is 11.9 Å². The molecular weight excluding hydrogens is 324 g/mol. The molecule has 2 atom stereocenters. The lowest BCUT2D eigenvalue weighted by atomic mass is 9.67. The van der Waals surface area contributed by atoms with Crippen LogP contribution in [0.25, 0.3) is 0 Å². The first-order valence-corrected chi connectivity index (χ1v) is 8.60. The molecule has 0 radical (unpaired) electrons. The molecule has 0 bridgehead atoms. The molecule has 1 aromatic heterocycles. The first-order chi connectivity index (χ1) is 11.7. The predicted molar refractivity (Wildman–Crippen MR) is 90.9 cm³/mol. The van der Waals surface area contributed by atoms with Crippen molar-refractivity contribution in [1.29, 1.82) is 0 Å². The molecule has 1 saturated heterocycles. The van der Waals surface area contributed by atoms with Crippen LogP contribution in [0.3, 0.4) is 0 Å². The molecule has 3 rings (SSSR count). The topological polar surface area (TPSA) is 93.4 Å². The van der Waals surface area contributed by atoms with Crippen LogP contribution in [0.4, 0.5) is 4.79 Å². The van der Waals surface area contributed by atoms with Crippen LogP contribution in [0.15, 0.2) is 15.7 Å². The van der Waals surface area contributed by atoms with Gasteiger partial charge in [0.1, 0.15) is 5.54 Å². The highest BCUT2D eigenvalue weighted by molar-refractivity contribution is 6.07. The van der Waals surface area contributed by atoms with E-state index in [-0.39, 0.29) is 24.3 Å². The molecule has 2 heterocycles. The molecule has 2 aliphatic rings. The summed E-state index contributed by atoms with van der Waals surface area (Å²) >= 11 is 0. The molecular formula is C17H24N4O4. The van der Waals surface area contributed by atoms with E-state index in [2.05, 4.69) is 5.32 Å². The summed E-state index contributed by atoms with van der Waals surface area (Å²) in [5, 5.41) is 2.92. The summed E-state index contributed by atoms with van der Waals surface area (Å²) < 4.78 is 2.28. The Balaban J connectivity index is 1.98. The SMILES string of the molecule is C[C@@H]1CCC[C@@H](C)C12NC(=O)N(Cc1cc(=O)n(C)c(=O)n1C)C2=O. The molecule has 1 saturated carbocycles. The van der Waals surface area contributed by atoms with Gasteiger partial charge >= 0.3 is 11.7 Å². The third-order valence-electron chi connectivity index (χ3n) is 5.93. The summed E-state index contributed by atoms with van der Waals surface area (Å²) in [7, 11) is 2.92. The highest BCUT2D eigenvalue weighted by Crippen LogP contribution is 2.42. The van der Waals surface area contributed by atoms with E-state index in [1.54, 1.807) is 0 Å². The minimum Gasteiger partial charge on any atom is -0.323 e. The number of nitrogens with zero attached hydrogens (tertiary/aromatic N) is 3. The lowest BCUT2D eigenvalue weighted by Crippen LogP contribution is -2.58. The van der Waals surface area contributed by atoms with Gasteiger partial charge in [-0.2, -0.15) is 0 Å². The van der Waals surface area contributed by atoms with Crippen molar-refractivity contribution in [2.24, 2.45) is 25.9 Å². The van der Waals surface area contributed by atoms with E-state index < -0.39 is 22.8 Å². The molecule has 0 aromatic carbocycles. The minimum atomic E-state index is -0.881. The fraction of sp³-hybridized carbons (Fsp3) is 0.647. The van der Waals surface area contributed by atoms with Gasteiger partial charge in [0.2, 0.25) is 0 Å². The molecule has 2 fully saturated rings.